The first-order valence-electron chi connectivity index (χ1n) is 11.4. The fraction of sp³-hybridized carbons (Fsp3) is 0.462. The number of halogens is 1. The Morgan fingerprint density at radius 3 is 2.24 bits per heavy atom. The van der Waals surface area contributed by atoms with Gasteiger partial charge in [0.05, 0.1) is 26.7 Å². The number of hydrogen-bond donors (Lipinski definition) is 1. The predicted molar refractivity (Wildman–Crippen MR) is 133 cm³/mol. The lowest BCUT2D eigenvalue weighted by Crippen LogP contribution is -2.48. The third-order valence-electron chi connectivity index (χ3n) is 5.31. The SMILES string of the molecule is COc1ccc(CC(=O)N(Cc2ccc(Cl)cc2)C(C)C(=O)NCCCOC(C)C)cc1OC. The number of hydrogen-bond acceptors (Lipinski definition) is 5. The molecule has 2 aromatic carbocycles. The van der Waals surface area contributed by atoms with Crippen LogP contribution in [0.5, 0.6) is 11.5 Å². The normalized spacial score (nSPS) is 11.7. The van der Waals surface area contributed by atoms with Crippen LogP contribution in [-0.2, 0) is 27.3 Å². The molecule has 2 rings (SSSR count). The van der Waals surface area contributed by atoms with Gasteiger partial charge in [-0.15, -0.1) is 0 Å². The second-order valence-electron chi connectivity index (χ2n) is 8.25. The van der Waals surface area contributed by atoms with E-state index in [1.807, 2.05) is 32.0 Å². The third-order valence-corrected chi connectivity index (χ3v) is 5.56. The average molecular weight is 491 g/mol. The van der Waals surface area contributed by atoms with Gasteiger partial charge in [0.15, 0.2) is 11.5 Å². The van der Waals surface area contributed by atoms with Crippen LogP contribution in [0.2, 0.25) is 5.02 Å². The summed E-state index contributed by atoms with van der Waals surface area (Å²) < 4.78 is 16.1. The van der Waals surface area contributed by atoms with E-state index in [-0.39, 0.29) is 30.9 Å². The monoisotopic (exact) mass is 490 g/mol. The van der Waals surface area contributed by atoms with Crippen molar-refractivity contribution in [1.29, 1.82) is 0 Å². The first-order valence-corrected chi connectivity index (χ1v) is 11.8. The van der Waals surface area contributed by atoms with Gasteiger partial charge >= 0.3 is 0 Å². The molecule has 8 heteroatoms. The molecule has 0 aromatic heterocycles. The van der Waals surface area contributed by atoms with Gasteiger partial charge < -0.3 is 24.4 Å². The van der Waals surface area contributed by atoms with E-state index in [0.29, 0.717) is 36.1 Å². The van der Waals surface area contributed by atoms with Crippen molar-refractivity contribution in [2.24, 2.45) is 0 Å². The lowest BCUT2D eigenvalue weighted by molar-refractivity contribution is -0.140. The summed E-state index contributed by atoms with van der Waals surface area (Å²) in [7, 11) is 3.11. The van der Waals surface area contributed by atoms with Gasteiger partial charge in [0.1, 0.15) is 6.04 Å². The maximum Gasteiger partial charge on any atom is 0.242 e. The van der Waals surface area contributed by atoms with Gasteiger partial charge in [0.25, 0.3) is 0 Å². The lowest BCUT2D eigenvalue weighted by Gasteiger charge is -2.29. The molecule has 0 fully saturated rings. The summed E-state index contributed by atoms with van der Waals surface area (Å²) in [6, 6.07) is 11.9. The van der Waals surface area contributed by atoms with E-state index in [9.17, 15) is 9.59 Å². The lowest BCUT2D eigenvalue weighted by atomic mass is 10.1. The van der Waals surface area contributed by atoms with Crippen LogP contribution in [0, 0.1) is 0 Å². The summed E-state index contributed by atoms with van der Waals surface area (Å²) in [4.78, 5) is 27.8. The fourth-order valence-corrected chi connectivity index (χ4v) is 3.51. The molecule has 2 aromatic rings. The van der Waals surface area contributed by atoms with Gasteiger partial charge in [-0.2, -0.15) is 0 Å². The van der Waals surface area contributed by atoms with Gasteiger partial charge in [-0.05, 0) is 62.6 Å². The van der Waals surface area contributed by atoms with Crippen LogP contribution >= 0.6 is 11.6 Å². The molecule has 0 spiro atoms. The molecule has 0 radical (unpaired) electrons. The highest BCUT2D eigenvalue weighted by Gasteiger charge is 2.26. The first kappa shape index (κ1) is 27.5. The van der Waals surface area contributed by atoms with Crippen molar-refractivity contribution in [2.75, 3.05) is 27.4 Å². The molecule has 1 unspecified atom stereocenters. The molecule has 0 aliphatic heterocycles. The zero-order chi connectivity index (χ0) is 25.1. The Bertz CT molecular complexity index is 933. The number of rotatable bonds is 13. The molecular weight excluding hydrogens is 456 g/mol. The van der Waals surface area contributed by atoms with Gasteiger partial charge in [-0.25, -0.2) is 0 Å². The summed E-state index contributed by atoms with van der Waals surface area (Å²) in [6.45, 7) is 7.02. The van der Waals surface area contributed by atoms with E-state index >= 15 is 0 Å². The maximum atomic E-state index is 13.4. The van der Waals surface area contributed by atoms with Crippen molar-refractivity contribution >= 4 is 23.4 Å². The predicted octanol–water partition coefficient (Wildman–Crippen LogP) is 4.25. The Morgan fingerprint density at radius 1 is 0.971 bits per heavy atom. The Morgan fingerprint density at radius 2 is 1.62 bits per heavy atom. The highest BCUT2D eigenvalue weighted by Crippen LogP contribution is 2.28. The van der Waals surface area contributed by atoms with Crippen molar-refractivity contribution in [1.82, 2.24) is 10.2 Å². The van der Waals surface area contributed by atoms with E-state index in [0.717, 1.165) is 11.1 Å². The molecule has 186 valence electrons. The van der Waals surface area contributed by atoms with Crippen molar-refractivity contribution in [3.8, 4) is 11.5 Å². The minimum atomic E-state index is -0.658. The van der Waals surface area contributed by atoms with E-state index in [4.69, 9.17) is 25.8 Å². The number of carbonyl (C=O) groups excluding carboxylic acids is 2. The number of nitrogens with zero attached hydrogens (tertiary/aromatic N) is 1. The highest BCUT2D eigenvalue weighted by atomic mass is 35.5. The summed E-state index contributed by atoms with van der Waals surface area (Å²) in [5, 5.41) is 3.53. The molecule has 0 aliphatic rings. The van der Waals surface area contributed by atoms with Crippen LogP contribution in [0.25, 0.3) is 0 Å². The molecule has 1 N–H and O–H groups in total. The van der Waals surface area contributed by atoms with Gasteiger partial charge in [0.2, 0.25) is 11.8 Å². The quantitative estimate of drug-likeness (QED) is 0.425. The topological polar surface area (TPSA) is 77.1 Å². The van der Waals surface area contributed by atoms with Crippen LogP contribution in [0.4, 0.5) is 0 Å². The first-order chi connectivity index (χ1) is 16.2. The molecule has 0 heterocycles. The van der Waals surface area contributed by atoms with Crippen molar-refractivity contribution in [2.45, 2.75) is 52.3 Å². The van der Waals surface area contributed by atoms with Gasteiger partial charge in [-0.1, -0.05) is 29.8 Å². The summed E-state index contributed by atoms with van der Waals surface area (Å²) in [5.74, 6) is 0.754. The molecule has 2 amide bonds. The molecule has 7 nitrogen and oxygen atoms in total. The Balaban J connectivity index is 2.13. The van der Waals surface area contributed by atoms with Gasteiger partial charge in [-0.3, -0.25) is 9.59 Å². The van der Waals surface area contributed by atoms with Crippen molar-refractivity contribution in [3.05, 3.63) is 58.6 Å². The summed E-state index contributed by atoms with van der Waals surface area (Å²) in [5.41, 5.74) is 1.65. The van der Waals surface area contributed by atoms with Crippen LogP contribution in [0.3, 0.4) is 0 Å². The Labute approximate surface area is 207 Å². The van der Waals surface area contributed by atoms with Crippen LogP contribution < -0.4 is 14.8 Å². The van der Waals surface area contributed by atoms with Crippen molar-refractivity contribution in [3.63, 3.8) is 0 Å². The zero-order valence-electron chi connectivity index (χ0n) is 20.6. The number of methoxy groups -OCH3 is 2. The maximum absolute atomic E-state index is 13.4. The van der Waals surface area contributed by atoms with E-state index in [1.54, 1.807) is 50.3 Å². The van der Waals surface area contributed by atoms with Crippen LogP contribution in [0.1, 0.15) is 38.3 Å². The molecule has 0 aliphatic carbocycles. The Hall–Kier alpha value is -2.77. The second kappa shape index (κ2) is 13.8. The molecular formula is C26H35ClN2O5. The minimum Gasteiger partial charge on any atom is -0.493 e. The number of benzene rings is 2. The Kier molecular flexibility index (Phi) is 11.2. The molecule has 34 heavy (non-hydrogen) atoms. The highest BCUT2D eigenvalue weighted by molar-refractivity contribution is 6.30. The van der Waals surface area contributed by atoms with E-state index in [1.165, 1.54) is 0 Å². The molecule has 0 bridgehead atoms. The number of nitrogens with one attached hydrogen (secondary N) is 1. The second-order valence-corrected chi connectivity index (χ2v) is 8.69. The summed E-state index contributed by atoms with van der Waals surface area (Å²) in [6.07, 6.45) is 0.972. The van der Waals surface area contributed by atoms with Crippen LogP contribution in [-0.4, -0.2) is 56.2 Å². The summed E-state index contributed by atoms with van der Waals surface area (Å²) >= 11 is 6.01. The molecule has 0 saturated heterocycles. The fourth-order valence-electron chi connectivity index (χ4n) is 3.39. The molecule has 0 saturated carbocycles. The minimum absolute atomic E-state index is 0.119. The largest absolute Gasteiger partial charge is 0.493 e. The average Bonchev–Trinajstić information content (AvgIpc) is 2.82. The number of carbonyl (C=O) groups is 2. The number of amides is 2. The van der Waals surface area contributed by atoms with Gasteiger partial charge in [0, 0.05) is 24.7 Å². The zero-order valence-corrected chi connectivity index (χ0v) is 21.4. The van der Waals surface area contributed by atoms with Crippen molar-refractivity contribution < 1.29 is 23.8 Å². The molecule has 1 atom stereocenters. The van der Waals surface area contributed by atoms with E-state index in [2.05, 4.69) is 5.32 Å². The number of ether oxygens (including phenoxy) is 3. The third kappa shape index (κ3) is 8.54. The standard InChI is InChI=1S/C26H35ClN2O5/c1-18(2)34-14-6-13-28-26(31)19(3)29(17-20-7-10-22(27)11-8-20)25(30)16-21-9-12-23(32-4)24(15-21)33-5/h7-12,15,18-19H,6,13-14,16-17H2,1-5H3,(H,28,31). The van der Waals surface area contributed by atoms with E-state index < -0.39 is 6.04 Å². The smallest absolute Gasteiger partial charge is 0.242 e. The van der Waals surface area contributed by atoms with Crippen LogP contribution in [0.15, 0.2) is 42.5 Å².